The predicted molar refractivity (Wildman–Crippen MR) is 56.5 cm³/mol. The van der Waals surface area contributed by atoms with Gasteiger partial charge in [0.25, 0.3) is 0 Å². The van der Waals surface area contributed by atoms with Crippen LogP contribution in [-0.4, -0.2) is 18.0 Å². The Balaban J connectivity index is 2.29. The molecule has 0 heterocycles. The van der Waals surface area contributed by atoms with Gasteiger partial charge in [0.2, 0.25) is 0 Å². The van der Waals surface area contributed by atoms with Gasteiger partial charge in [-0.1, -0.05) is 30.3 Å². The number of esters is 1. The number of hydrogen-bond donors (Lipinski definition) is 0. The Morgan fingerprint density at radius 1 is 1.40 bits per heavy atom. The van der Waals surface area contributed by atoms with Crippen LogP contribution in [-0.2, 0) is 16.1 Å². The molecule has 0 aromatic heterocycles. The molecule has 2 nitrogen and oxygen atoms in total. The van der Waals surface area contributed by atoms with E-state index in [0.29, 0.717) is 0 Å². The van der Waals surface area contributed by atoms with E-state index in [4.69, 9.17) is 16.3 Å². The van der Waals surface area contributed by atoms with Crippen molar-refractivity contribution in [1.82, 2.24) is 0 Å². The van der Waals surface area contributed by atoms with Gasteiger partial charge in [-0.05, 0) is 5.56 Å². The smallest absolute Gasteiger partial charge is 0.309 e. The molecule has 0 spiro atoms. The number of carbonyl (C=O) groups excluding carboxylic acids is 1. The minimum absolute atomic E-state index is 0.175. The van der Waals surface area contributed by atoms with Gasteiger partial charge in [0.1, 0.15) is 12.8 Å². The van der Waals surface area contributed by atoms with Gasteiger partial charge in [-0.15, -0.1) is 11.6 Å². The number of hydrogen-bond acceptors (Lipinski definition) is 2. The molecule has 1 unspecified atom stereocenters. The molecule has 1 atom stereocenters. The molecule has 0 bridgehead atoms. The van der Waals surface area contributed by atoms with Crippen molar-refractivity contribution in [3.05, 3.63) is 35.9 Å². The second-order valence-electron chi connectivity index (χ2n) is 3.10. The Bertz CT molecular complexity index is 303. The Morgan fingerprint density at radius 3 is 2.67 bits per heavy atom. The van der Waals surface area contributed by atoms with Crippen molar-refractivity contribution in [2.24, 2.45) is 0 Å². The van der Waals surface area contributed by atoms with Crippen molar-refractivity contribution >= 4 is 17.6 Å². The monoisotopic (exact) mass is 230 g/mol. The van der Waals surface area contributed by atoms with Crippen molar-refractivity contribution in [1.29, 1.82) is 0 Å². The van der Waals surface area contributed by atoms with E-state index in [9.17, 15) is 9.18 Å². The molecule has 0 aliphatic carbocycles. The molecule has 0 saturated heterocycles. The molecule has 4 heteroatoms. The van der Waals surface area contributed by atoms with Crippen LogP contribution >= 0.6 is 11.6 Å². The van der Waals surface area contributed by atoms with E-state index in [2.05, 4.69) is 0 Å². The fourth-order valence-electron chi connectivity index (χ4n) is 1.03. The Hall–Kier alpha value is -1.09. The van der Waals surface area contributed by atoms with Crippen molar-refractivity contribution in [3.63, 3.8) is 0 Å². The molecule has 0 radical (unpaired) electrons. The molecule has 1 aromatic carbocycles. The van der Waals surface area contributed by atoms with Gasteiger partial charge < -0.3 is 4.74 Å². The summed E-state index contributed by atoms with van der Waals surface area (Å²) in [5.74, 6) is -0.743. The summed E-state index contributed by atoms with van der Waals surface area (Å²) in [5.41, 5.74) is 0.882. The van der Waals surface area contributed by atoms with E-state index in [0.717, 1.165) is 5.56 Å². The third-order valence-corrected chi connectivity index (χ3v) is 2.13. The highest BCUT2D eigenvalue weighted by molar-refractivity contribution is 6.18. The van der Waals surface area contributed by atoms with Crippen LogP contribution in [0.4, 0.5) is 4.39 Å². The van der Waals surface area contributed by atoms with Crippen LogP contribution in [0.2, 0.25) is 0 Å². The number of carbonyl (C=O) groups is 1. The Kier molecular flexibility index (Phi) is 5.12. The van der Waals surface area contributed by atoms with E-state index >= 15 is 0 Å². The molecular formula is C11H12ClFO2. The normalized spacial score (nSPS) is 12.1. The average molecular weight is 231 g/mol. The topological polar surface area (TPSA) is 26.3 Å². The third kappa shape index (κ3) is 4.79. The lowest BCUT2D eigenvalue weighted by molar-refractivity contribution is -0.146. The zero-order valence-electron chi connectivity index (χ0n) is 8.16. The van der Waals surface area contributed by atoms with E-state index in [1.807, 2.05) is 30.3 Å². The van der Waals surface area contributed by atoms with Crippen LogP contribution in [0.1, 0.15) is 12.0 Å². The summed E-state index contributed by atoms with van der Waals surface area (Å²) in [6.07, 6.45) is -1.61. The van der Waals surface area contributed by atoms with E-state index in [-0.39, 0.29) is 18.9 Å². The number of rotatable bonds is 5. The lowest BCUT2D eigenvalue weighted by Gasteiger charge is -2.05. The van der Waals surface area contributed by atoms with Crippen LogP contribution in [0.3, 0.4) is 0 Å². The van der Waals surface area contributed by atoms with Gasteiger partial charge in [-0.2, -0.15) is 0 Å². The maximum atomic E-state index is 12.7. The average Bonchev–Trinajstić information content (AvgIpc) is 2.27. The van der Waals surface area contributed by atoms with E-state index < -0.39 is 12.1 Å². The minimum atomic E-state index is -1.32. The van der Waals surface area contributed by atoms with Crippen molar-refractivity contribution in [2.75, 3.05) is 5.88 Å². The molecular weight excluding hydrogens is 219 g/mol. The number of alkyl halides is 2. The van der Waals surface area contributed by atoms with E-state index in [1.54, 1.807) is 0 Å². The second-order valence-corrected chi connectivity index (χ2v) is 3.41. The van der Waals surface area contributed by atoms with Crippen molar-refractivity contribution < 1.29 is 13.9 Å². The first-order valence-corrected chi connectivity index (χ1v) is 5.15. The molecule has 0 aliphatic rings. The molecule has 1 aromatic rings. The largest absolute Gasteiger partial charge is 0.461 e. The molecule has 0 N–H and O–H groups in total. The minimum Gasteiger partial charge on any atom is -0.461 e. The first-order valence-electron chi connectivity index (χ1n) is 4.62. The summed E-state index contributed by atoms with van der Waals surface area (Å²) >= 11 is 5.23. The molecule has 0 amide bonds. The Labute approximate surface area is 93.0 Å². The first-order chi connectivity index (χ1) is 7.22. The first kappa shape index (κ1) is 12.0. The summed E-state index contributed by atoms with van der Waals surface area (Å²) in [6, 6.07) is 9.24. The van der Waals surface area contributed by atoms with Gasteiger partial charge in [-0.25, -0.2) is 4.39 Å². The van der Waals surface area contributed by atoms with Crippen LogP contribution in [0.25, 0.3) is 0 Å². The molecule has 0 saturated carbocycles. The standard InChI is InChI=1S/C11H12ClFO2/c12-7-10(13)6-11(14)15-8-9-4-2-1-3-5-9/h1-5,10H,6-8H2. The number of benzene rings is 1. The predicted octanol–water partition coefficient (Wildman–Crippen LogP) is 2.70. The third-order valence-electron chi connectivity index (χ3n) is 1.80. The van der Waals surface area contributed by atoms with Gasteiger partial charge in [0, 0.05) is 0 Å². The van der Waals surface area contributed by atoms with Crippen molar-refractivity contribution in [3.8, 4) is 0 Å². The SMILES string of the molecule is O=C(CC(F)CCl)OCc1ccccc1. The second kappa shape index (κ2) is 6.40. The zero-order chi connectivity index (χ0) is 11.1. The Morgan fingerprint density at radius 2 is 2.07 bits per heavy atom. The summed E-state index contributed by atoms with van der Waals surface area (Å²) in [6.45, 7) is 0.175. The highest BCUT2D eigenvalue weighted by atomic mass is 35.5. The maximum absolute atomic E-state index is 12.7. The summed E-state index contributed by atoms with van der Waals surface area (Å²) < 4.78 is 17.5. The van der Waals surface area contributed by atoms with Gasteiger partial charge in [0.05, 0.1) is 12.3 Å². The van der Waals surface area contributed by atoms with Crippen LogP contribution in [0.15, 0.2) is 30.3 Å². The number of ether oxygens (including phenoxy) is 1. The quantitative estimate of drug-likeness (QED) is 0.574. The fraction of sp³-hybridized carbons (Fsp3) is 0.364. The molecule has 15 heavy (non-hydrogen) atoms. The molecule has 0 fully saturated rings. The molecule has 1 rings (SSSR count). The van der Waals surface area contributed by atoms with Crippen molar-refractivity contribution in [2.45, 2.75) is 19.2 Å². The zero-order valence-corrected chi connectivity index (χ0v) is 8.91. The fourth-order valence-corrected chi connectivity index (χ4v) is 1.14. The lowest BCUT2D eigenvalue weighted by Crippen LogP contribution is -2.13. The van der Waals surface area contributed by atoms with Crippen LogP contribution in [0.5, 0.6) is 0 Å². The summed E-state index contributed by atoms with van der Waals surface area (Å²) in [4.78, 5) is 11.1. The molecule has 82 valence electrons. The van der Waals surface area contributed by atoms with Gasteiger partial charge in [0.15, 0.2) is 0 Å². The highest BCUT2D eigenvalue weighted by Crippen LogP contribution is 2.05. The summed E-state index contributed by atoms with van der Waals surface area (Å²) in [5, 5.41) is 0. The molecule has 0 aliphatic heterocycles. The maximum Gasteiger partial charge on any atom is 0.309 e. The highest BCUT2D eigenvalue weighted by Gasteiger charge is 2.12. The van der Waals surface area contributed by atoms with E-state index in [1.165, 1.54) is 0 Å². The van der Waals surface area contributed by atoms with Gasteiger partial charge in [-0.3, -0.25) is 4.79 Å². The van der Waals surface area contributed by atoms with Crippen LogP contribution in [0, 0.1) is 0 Å². The number of halogens is 2. The van der Waals surface area contributed by atoms with Crippen LogP contribution < -0.4 is 0 Å². The summed E-state index contributed by atoms with van der Waals surface area (Å²) in [7, 11) is 0. The lowest BCUT2D eigenvalue weighted by atomic mass is 10.2. The van der Waals surface area contributed by atoms with Gasteiger partial charge >= 0.3 is 5.97 Å².